The Morgan fingerprint density at radius 1 is 0.857 bits per heavy atom. The van der Waals surface area contributed by atoms with Crippen LogP contribution in [0.4, 0.5) is 8.78 Å². The fourth-order valence-electron chi connectivity index (χ4n) is 2.90. The molecule has 0 aliphatic carbocycles. The zero-order valence-corrected chi connectivity index (χ0v) is 16.2. The number of benzene rings is 3. The Kier molecular flexibility index (Phi) is 5.79. The van der Waals surface area contributed by atoms with E-state index in [4.69, 9.17) is 0 Å². The van der Waals surface area contributed by atoms with E-state index in [1.54, 1.807) is 0 Å². The van der Waals surface area contributed by atoms with Crippen LogP contribution in [0.2, 0.25) is 0 Å². The molecule has 0 unspecified atom stereocenters. The zero-order chi connectivity index (χ0) is 20.2. The third-order valence-corrected chi connectivity index (χ3v) is 7.59. The van der Waals surface area contributed by atoms with E-state index in [9.17, 15) is 18.5 Å². The molecule has 3 rings (SSSR count). The van der Waals surface area contributed by atoms with E-state index in [-0.39, 0.29) is 6.16 Å². The van der Waals surface area contributed by atoms with Gasteiger partial charge in [0, 0.05) is 22.3 Å². The fraction of sp³-hybridized carbons (Fsp3) is 0.130. The number of hydrogen-bond acceptors (Lipinski definition) is 2. The maximum Gasteiger partial charge on any atom is 0.147 e. The van der Waals surface area contributed by atoms with Crippen molar-refractivity contribution in [2.24, 2.45) is 0 Å². The summed E-state index contributed by atoms with van der Waals surface area (Å²) >= 11 is 0. The molecule has 0 bridgehead atoms. The Hall–Kier alpha value is -2.73. The summed E-state index contributed by atoms with van der Waals surface area (Å²) in [6.07, 6.45) is -0.183. The van der Waals surface area contributed by atoms with Crippen molar-refractivity contribution in [3.05, 3.63) is 96.1 Å². The molecule has 0 aromatic heterocycles. The van der Waals surface area contributed by atoms with Gasteiger partial charge in [-0.3, -0.25) is 0 Å². The number of halogens is 2. The third kappa shape index (κ3) is 4.75. The number of aliphatic hydroxyl groups is 1. The van der Waals surface area contributed by atoms with Gasteiger partial charge in [-0.15, -0.1) is 0 Å². The van der Waals surface area contributed by atoms with Crippen molar-refractivity contribution < 1.29 is 18.5 Å². The lowest BCUT2D eigenvalue weighted by atomic mass is 10.1. The first-order valence-corrected chi connectivity index (χ1v) is 10.6. The lowest BCUT2D eigenvalue weighted by Gasteiger charge is -2.26. The van der Waals surface area contributed by atoms with Crippen molar-refractivity contribution in [1.29, 1.82) is 0 Å². The van der Waals surface area contributed by atoms with Crippen LogP contribution in [-0.2, 0) is 4.57 Å². The SMILES string of the molecule is C[C@](O)(C#Cc1ccccc1)CP(=O)(c1ccc(F)cc1)c1ccc(F)cc1. The summed E-state index contributed by atoms with van der Waals surface area (Å²) in [6, 6.07) is 19.7. The topological polar surface area (TPSA) is 37.3 Å². The molecule has 1 N–H and O–H groups in total. The minimum atomic E-state index is -3.39. The summed E-state index contributed by atoms with van der Waals surface area (Å²) < 4.78 is 40.7. The highest BCUT2D eigenvalue weighted by molar-refractivity contribution is 7.78. The van der Waals surface area contributed by atoms with Crippen LogP contribution in [0.5, 0.6) is 0 Å². The van der Waals surface area contributed by atoms with Crippen LogP contribution in [-0.4, -0.2) is 16.9 Å². The molecule has 5 heteroatoms. The molecule has 3 aromatic carbocycles. The highest BCUT2D eigenvalue weighted by Gasteiger charge is 2.35. The standard InChI is InChI=1S/C23H19F2O2P/c1-23(26,16-15-18-5-3-2-4-6-18)17-28(27,21-11-7-19(24)8-12-21)22-13-9-20(25)10-14-22/h2-14,26H,17H2,1H3/t23-/m0/s1. The summed E-state index contributed by atoms with van der Waals surface area (Å²) in [6.45, 7) is 1.49. The normalized spacial score (nSPS) is 13.3. The van der Waals surface area contributed by atoms with Crippen molar-refractivity contribution in [3.8, 4) is 11.8 Å². The lowest BCUT2D eigenvalue weighted by molar-refractivity contribution is 0.146. The highest BCUT2D eigenvalue weighted by atomic mass is 31.2. The molecule has 0 aliphatic heterocycles. The van der Waals surface area contributed by atoms with E-state index < -0.39 is 24.4 Å². The first-order valence-electron chi connectivity index (χ1n) is 8.70. The van der Waals surface area contributed by atoms with Gasteiger partial charge < -0.3 is 9.67 Å². The van der Waals surface area contributed by atoms with E-state index >= 15 is 0 Å². The van der Waals surface area contributed by atoms with Gasteiger partial charge in [-0.25, -0.2) is 8.78 Å². The van der Waals surface area contributed by atoms with Crippen molar-refractivity contribution >= 4 is 17.8 Å². The second kappa shape index (κ2) is 8.10. The molecule has 0 fully saturated rings. The largest absolute Gasteiger partial charge is 0.377 e. The van der Waals surface area contributed by atoms with E-state index in [1.165, 1.54) is 55.5 Å². The smallest absolute Gasteiger partial charge is 0.147 e. The van der Waals surface area contributed by atoms with Crippen molar-refractivity contribution in [2.75, 3.05) is 6.16 Å². The molecule has 0 saturated heterocycles. The summed E-state index contributed by atoms with van der Waals surface area (Å²) in [4.78, 5) is 0. The molecule has 2 nitrogen and oxygen atoms in total. The molecule has 0 amide bonds. The van der Waals surface area contributed by atoms with Gasteiger partial charge in [-0.2, -0.15) is 0 Å². The van der Waals surface area contributed by atoms with Crippen LogP contribution in [0.25, 0.3) is 0 Å². The van der Waals surface area contributed by atoms with Crippen LogP contribution in [0.15, 0.2) is 78.9 Å². The minimum absolute atomic E-state index is 0.183. The predicted octanol–water partition coefficient (Wildman–Crippen LogP) is 4.08. The van der Waals surface area contributed by atoms with Crippen LogP contribution < -0.4 is 10.6 Å². The molecule has 0 saturated carbocycles. The average molecular weight is 396 g/mol. The van der Waals surface area contributed by atoms with Gasteiger partial charge in [0.15, 0.2) is 0 Å². The van der Waals surface area contributed by atoms with E-state index in [1.807, 2.05) is 30.3 Å². The van der Waals surface area contributed by atoms with Gasteiger partial charge in [0.25, 0.3) is 0 Å². The number of rotatable bonds is 4. The Labute approximate surface area is 163 Å². The summed E-state index contributed by atoms with van der Waals surface area (Å²) in [7, 11) is -3.39. The monoisotopic (exact) mass is 396 g/mol. The second-order valence-electron chi connectivity index (χ2n) is 6.74. The molecule has 0 spiro atoms. The van der Waals surface area contributed by atoms with Gasteiger partial charge in [0.2, 0.25) is 0 Å². The average Bonchev–Trinajstić information content (AvgIpc) is 2.68. The van der Waals surface area contributed by atoms with Crippen LogP contribution >= 0.6 is 7.14 Å². The summed E-state index contributed by atoms with van der Waals surface area (Å²) in [5.74, 6) is 4.76. The highest BCUT2D eigenvalue weighted by Crippen LogP contribution is 2.46. The quantitative estimate of drug-likeness (QED) is 0.533. The molecular weight excluding hydrogens is 377 g/mol. The van der Waals surface area contributed by atoms with Gasteiger partial charge in [-0.05, 0) is 67.6 Å². The maximum atomic E-state index is 14.0. The van der Waals surface area contributed by atoms with E-state index in [0.717, 1.165) is 5.56 Å². The first kappa shape index (κ1) is 20.0. The summed E-state index contributed by atoms with van der Waals surface area (Å²) in [5.41, 5.74) is -0.852. The molecular formula is C23H19F2O2P. The van der Waals surface area contributed by atoms with Gasteiger partial charge in [-0.1, -0.05) is 30.0 Å². The van der Waals surface area contributed by atoms with Crippen molar-refractivity contribution in [3.63, 3.8) is 0 Å². The van der Waals surface area contributed by atoms with Crippen LogP contribution in [0.1, 0.15) is 12.5 Å². The molecule has 0 aliphatic rings. The Morgan fingerprint density at radius 3 is 1.79 bits per heavy atom. The summed E-state index contributed by atoms with van der Waals surface area (Å²) in [5, 5.41) is 11.6. The van der Waals surface area contributed by atoms with E-state index in [2.05, 4.69) is 11.8 Å². The van der Waals surface area contributed by atoms with Gasteiger partial charge in [0.05, 0.1) is 0 Å². The first-order chi connectivity index (χ1) is 13.3. The minimum Gasteiger partial charge on any atom is -0.377 e. The number of hydrogen-bond donors (Lipinski definition) is 1. The predicted molar refractivity (Wildman–Crippen MR) is 108 cm³/mol. The molecule has 3 aromatic rings. The van der Waals surface area contributed by atoms with Crippen LogP contribution in [0, 0.1) is 23.5 Å². The molecule has 1 atom stereocenters. The Bertz CT molecular complexity index is 998. The molecule has 28 heavy (non-hydrogen) atoms. The molecule has 0 heterocycles. The van der Waals surface area contributed by atoms with Crippen molar-refractivity contribution in [2.45, 2.75) is 12.5 Å². The second-order valence-corrected chi connectivity index (χ2v) is 9.57. The third-order valence-electron chi connectivity index (χ3n) is 4.27. The zero-order valence-electron chi connectivity index (χ0n) is 15.3. The Morgan fingerprint density at radius 2 is 1.32 bits per heavy atom. The van der Waals surface area contributed by atoms with E-state index in [0.29, 0.717) is 10.6 Å². The molecule has 142 valence electrons. The van der Waals surface area contributed by atoms with Gasteiger partial charge >= 0.3 is 0 Å². The van der Waals surface area contributed by atoms with Gasteiger partial charge in [0.1, 0.15) is 24.4 Å². The lowest BCUT2D eigenvalue weighted by Crippen LogP contribution is -2.33. The van der Waals surface area contributed by atoms with Crippen molar-refractivity contribution in [1.82, 2.24) is 0 Å². The fourth-order valence-corrected chi connectivity index (χ4v) is 5.77. The van der Waals surface area contributed by atoms with Crippen LogP contribution in [0.3, 0.4) is 0 Å². The maximum absolute atomic E-state index is 14.0. The Balaban J connectivity index is 2.02. The molecule has 0 radical (unpaired) electrons.